The van der Waals surface area contributed by atoms with Gasteiger partial charge in [0.1, 0.15) is 5.69 Å². The zero-order valence-corrected chi connectivity index (χ0v) is 22.7. The summed E-state index contributed by atoms with van der Waals surface area (Å²) in [4.78, 5) is 39.4. The molecule has 0 heterocycles. The highest BCUT2D eigenvalue weighted by Crippen LogP contribution is 2.32. The fourth-order valence-corrected chi connectivity index (χ4v) is 5.20. The van der Waals surface area contributed by atoms with Gasteiger partial charge in [0.15, 0.2) is 0 Å². The van der Waals surface area contributed by atoms with Crippen LogP contribution in [0.25, 0.3) is 0 Å². The van der Waals surface area contributed by atoms with Crippen LogP contribution in [-0.4, -0.2) is 28.6 Å². The molecule has 0 radical (unpaired) electrons. The smallest absolute Gasteiger partial charge is 0.326 e. The van der Waals surface area contributed by atoms with E-state index in [0.29, 0.717) is 25.1 Å². The van der Waals surface area contributed by atoms with Gasteiger partial charge < -0.3 is 10.4 Å². The molecule has 0 saturated heterocycles. The Labute approximate surface area is 236 Å². The lowest BCUT2D eigenvalue weighted by molar-refractivity contribution is -0.383. The van der Waals surface area contributed by atoms with Crippen LogP contribution in [0.15, 0.2) is 113 Å². The molecule has 4 aromatic rings. The van der Waals surface area contributed by atoms with Crippen molar-refractivity contribution in [2.24, 2.45) is 0 Å². The summed E-state index contributed by atoms with van der Waals surface area (Å²) >= 11 is 1.50. The Morgan fingerprint density at radius 2 is 1.62 bits per heavy atom. The van der Waals surface area contributed by atoms with Gasteiger partial charge in [0.2, 0.25) is 0 Å². The van der Waals surface area contributed by atoms with Gasteiger partial charge in [0.25, 0.3) is 5.69 Å². The fraction of sp³-hybridized carbons (Fsp3) is 0.161. The lowest BCUT2D eigenvalue weighted by Gasteiger charge is -2.24. The first kappa shape index (κ1) is 28.4. The number of aliphatic carboxylic acids is 1. The summed E-state index contributed by atoms with van der Waals surface area (Å²) in [6.45, 7) is 2.20. The SMILES string of the molecule is CCC(C(=O)O)c1ccc(Sc2cccc(N(CCc3ccccc3)C(=O)Nc3ccccc3[N+](=O)[O-])c2)cc1. The van der Waals surface area contributed by atoms with E-state index in [-0.39, 0.29) is 11.4 Å². The number of carboxylic acid groups (broad SMARTS) is 1. The summed E-state index contributed by atoms with van der Waals surface area (Å²) < 4.78 is 0. The van der Waals surface area contributed by atoms with Crippen molar-refractivity contribution < 1.29 is 19.6 Å². The summed E-state index contributed by atoms with van der Waals surface area (Å²) in [5.41, 5.74) is 2.40. The highest BCUT2D eigenvalue weighted by molar-refractivity contribution is 7.99. The van der Waals surface area contributed by atoms with Crippen LogP contribution in [-0.2, 0) is 11.2 Å². The van der Waals surface area contributed by atoms with Crippen LogP contribution in [0.3, 0.4) is 0 Å². The molecule has 0 saturated carbocycles. The molecule has 1 unspecified atom stereocenters. The van der Waals surface area contributed by atoms with Gasteiger partial charge in [-0.2, -0.15) is 0 Å². The number of carboxylic acids is 1. The number of hydrogen-bond acceptors (Lipinski definition) is 5. The van der Waals surface area contributed by atoms with E-state index in [1.165, 1.54) is 23.9 Å². The summed E-state index contributed by atoms with van der Waals surface area (Å²) in [5.74, 6) is -1.38. The molecule has 0 aliphatic rings. The highest BCUT2D eigenvalue weighted by Gasteiger charge is 2.21. The van der Waals surface area contributed by atoms with Crippen LogP contribution in [0.5, 0.6) is 0 Å². The number of carbonyl (C=O) groups excluding carboxylic acids is 1. The third-order valence-corrected chi connectivity index (χ3v) is 7.41. The number of nitro groups is 1. The molecule has 9 heteroatoms. The number of amides is 2. The maximum Gasteiger partial charge on any atom is 0.326 e. The molecule has 2 amide bonds. The summed E-state index contributed by atoms with van der Waals surface area (Å²) in [6.07, 6.45) is 1.10. The quantitative estimate of drug-likeness (QED) is 0.145. The monoisotopic (exact) mass is 555 g/mol. The van der Waals surface area contributed by atoms with Crippen molar-refractivity contribution in [3.05, 3.63) is 124 Å². The third-order valence-electron chi connectivity index (χ3n) is 6.41. The first-order valence-electron chi connectivity index (χ1n) is 12.8. The van der Waals surface area contributed by atoms with Crippen molar-refractivity contribution >= 4 is 40.8 Å². The number of nitrogens with one attached hydrogen (secondary N) is 1. The molecule has 0 aromatic heterocycles. The van der Waals surface area contributed by atoms with Gasteiger partial charge in [-0.15, -0.1) is 0 Å². The molecule has 0 aliphatic heterocycles. The Morgan fingerprint density at radius 1 is 0.925 bits per heavy atom. The second-order valence-corrected chi connectivity index (χ2v) is 10.2. The van der Waals surface area contributed by atoms with Crippen LogP contribution in [0.2, 0.25) is 0 Å². The predicted octanol–water partition coefficient (Wildman–Crippen LogP) is 7.61. The van der Waals surface area contributed by atoms with Crippen LogP contribution < -0.4 is 10.2 Å². The number of nitrogens with zero attached hydrogens (tertiary/aromatic N) is 2. The molecule has 0 spiro atoms. The minimum absolute atomic E-state index is 0.125. The molecule has 8 nitrogen and oxygen atoms in total. The second-order valence-electron chi connectivity index (χ2n) is 9.06. The molecule has 0 bridgehead atoms. The van der Waals surface area contributed by atoms with Gasteiger partial charge in [-0.25, -0.2) is 4.79 Å². The molecule has 4 rings (SSSR count). The van der Waals surface area contributed by atoms with E-state index in [9.17, 15) is 24.8 Å². The summed E-state index contributed by atoms with van der Waals surface area (Å²) in [5, 5.41) is 23.6. The van der Waals surface area contributed by atoms with Gasteiger partial charge >= 0.3 is 12.0 Å². The molecule has 40 heavy (non-hydrogen) atoms. The number of hydrogen-bond donors (Lipinski definition) is 2. The first-order chi connectivity index (χ1) is 19.4. The molecular weight excluding hydrogens is 526 g/mol. The Morgan fingerprint density at radius 3 is 2.30 bits per heavy atom. The molecule has 4 aromatic carbocycles. The minimum atomic E-state index is -0.842. The maximum atomic E-state index is 13.5. The molecular formula is C31H29N3O5S. The highest BCUT2D eigenvalue weighted by atomic mass is 32.2. The molecule has 0 fully saturated rings. The molecule has 2 N–H and O–H groups in total. The maximum absolute atomic E-state index is 13.5. The minimum Gasteiger partial charge on any atom is -0.481 e. The zero-order valence-electron chi connectivity index (χ0n) is 21.9. The van der Waals surface area contributed by atoms with Crippen molar-refractivity contribution in [3.8, 4) is 0 Å². The van der Waals surface area contributed by atoms with Gasteiger partial charge in [0.05, 0.1) is 10.8 Å². The standard InChI is InChI=1S/C31H29N3O5S/c1-2-27(30(35)36)23-15-17-25(18-16-23)40-26-12-8-11-24(21-26)33(20-19-22-9-4-3-5-10-22)31(37)32-28-13-6-7-14-29(28)34(38)39/h3-18,21,27H,2,19-20H2,1H3,(H,32,37)(H,35,36). The van der Waals surface area contributed by atoms with Gasteiger partial charge in [-0.1, -0.05) is 79.3 Å². The average molecular weight is 556 g/mol. The number of nitro benzene ring substituents is 1. The van der Waals surface area contributed by atoms with E-state index in [0.717, 1.165) is 20.9 Å². The number of para-hydroxylation sites is 2. The van der Waals surface area contributed by atoms with E-state index in [4.69, 9.17) is 0 Å². The van der Waals surface area contributed by atoms with Crippen LogP contribution in [0.1, 0.15) is 30.4 Å². The van der Waals surface area contributed by atoms with Crippen LogP contribution >= 0.6 is 11.8 Å². The second kappa shape index (κ2) is 13.4. The van der Waals surface area contributed by atoms with E-state index in [2.05, 4.69) is 5.32 Å². The van der Waals surface area contributed by atoms with Gasteiger partial charge in [0, 0.05) is 28.1 Å². The number of carbonyl (C=O) groups is 2. The average Bonchev–Trinajstić information content (AvgIpc) is 2.95. The number of rotatable bonds is 11. The van der Waals surface area contributed by atoms with E-state index in [1.807, 2.05) is 85.8 Å². The van der Waals surface area contributed by atoms with Crippen LogP contribution in [0.4, 0.5) is 21.9 Å². The molecule has 204 valence electrons. The Kier molecular flexibility index (Phi) is 9.53. The van der Waals surface area contributed by atoms with Gasteiger partial charge in [-0.05, 0) is 60.4 Å². The largest absolute Gasteiger partial charge is 0.481 e. The predicted molar refractivity (Wildman–Crippen MR) is 157 cm³/mol. The third kappa shape index (κ3) is 7.27. The first-order valence-corrected chi connectivity index (χ1v) is 13.6. The Bertz CT molecular complexity index is 1480. The fourth-order valence-electron chi connectivity index (χ4n) is 4.33. The van der Waals surface area contributed by atoms with E-state index in [1.54, 1.807) is 17.0 Å². The lowest BCUT2D eigenvalue weighted by Crippen LogP contribution is -2.36. The normalized spacial score (nSPS) is 11.4. The van der Waals surface area contributed by atoms with Crippen molar-refractivity contribution in [3.63, 3.8) is 0 Å². The van der Waals surface area contributed by atoms with Crippen LogP contribution in [0, 0.1) is 10.1 Å². The zero-order chi connectivity index (χ0) is 28.5. The van der Waals surface area contributed by atoms with Crippen molar-refractivity contribution in [2.45, 2.75) is 35.5 Å². The topological polar surface area (TPSA) is 113 Å². The van der Waals surface area contributed by atoms with E-state index >= 15 is 0 Å². The van der Waals surface area contributed by atoms with E-state index < -0.39 is 22.8 Å². The van der Waals surface area contributed by atoms with Crippen molar-refractivity contribution in [2.75, 3.05) is 16.8 Å². The van der Waals surface area contributed by atoms with Crippen molar-refractivity contribution in [1.82, 2.24) is 0 Å². The number of urea groups is 1. The Hall–Kier alpha value is -4.63. The summed E-state index contributed by atoms with van der Waals surface area (Å²) in [6, 6.07) is 30.3. The Balaban J connectivity index is 1.58. The van der Waals surface area contributed by atoms with Gasteiger partial charge in [-0.3, -0.25) is 19.8 Å². The number of benzene rings is 4. The molecule has 1 atom stereocenters. The molecule has 0 aliphatic carbocycles. The lowest BCUT2D eigenvalue weighted by atomic mass is 9.97. The number of anilines is 2. The van der Waals surface area contributed by atoms with Crippen molar-refractivity contribution in [1.29, 1.82) is 0 Å². The summed E-state index contributed by atoms with van der Waals surface area (Å²) in [7, 11) is 0.